The Bertz CT molecular complexity index is 784. The number of benzene rings is 2. The van der Waals surface area contributed by atoms with Crippen LogP contribution < -0.4 is 9.64 Å². The molecule has 1 heterocycles. The first-order chi connectivity index (χ1) is 11.0. The molecule has 1 atom stereocenters. The van der Waals surface area contributed by atoms with Gasteiger partial charge in [0.05, 0.1) is 18.5 Å². The molecule has 0 saturated carbocycles. The van der Waals surface area contributed by atoms with Gasteiger partial charge in [-0.05, 0) is 49.4 Å². The van der Waals surface area contributed by atoms with Gasteiger partial charge >= 0.3 is 0 Å². The monoisotopic (exact) mass is 328 g/mol. The molecule has 0 aromatic heterocycles. The molecule has 0 saturated heterocycles. The quantitative estimate of drug-likeness (QED) is 0.846. The molecule has 2 aromatic carbocycles. The van der Waals surface area contributed by atoms with Crippen LogP contribution in [-0.4, -0.2) is 31.8 Å². The molecule has 2 aromatic rings. The molecule has 1 amide bonds. The molecule has 0 spiro atoms. The molecular formula is C18H17ClN2O2. The lowest BCUT2D eigenvalue weighted by molar-refractivity contribution is -0.119. The number of fused-ring (bicyclic) bond motifs is 1. The highest BCUT2D eigenvalue weighted by Gasteiger charge is 2.27. The Kier molecular flexibility index (Phi) is 4.09. The summed E-state index contributed by atoms with van der Waals surface area (Å²) < 4.78 is 5.20. The molecule has 0 N–H and O–H groups in total. The van der Waals surface area contributed by atoms with Gasteiger partial charge in [0.2, 0.25) is 0 Å². The van der Waals surface area contributed by atoms with E-state index in [0.29, 0.717) is 5.02 Å². The Labute approximate surface area is 140 Å². The van der Waals surface area contributed by atoms with Gasteiger partial charge in [-0.3, -0.25) is 9.79 Å². The average Bonchev–Trinajstić information content (AvgIpc) is 2.66. The Morgan fingerprint density at radius 2 is 1.87 bits per heavy atom. The number of hydrogen-bond acceptors (Lipinski definition) is 3. The number of rotatable bonds is 2. The summed E-state index contributed by atoms with van der Waals surface area (Å²) in [5, 5.41) is 0.611. The highest BCUT2D eigenvalue weighted by Crippen LogP contribution is 2.30. The van der Waals surface area contributed by atoms with Crippen molar-refractivity contribution in [3.8, 4) is 5.75 Å². The number of carbonyl (C=O) groups is 1. The molecule has 0 bridgehead atoms. The van der Waals surface area contributed by atoms with Crippen molar-refractivity contribution in [2.45, 2.75) is 13.0 Å². The van der Waals surface area contributed by atoms with Crippen LogP contribution in [0.3, 0.4) is 0 Å². The second kappa shape index (κ2) is 6.05. The van der Waals surface area contributed by atoms with Crippen LogP contribution >= 0.6 is 11.6 Å². The van der Waals surface area contributed by atoms with Crippen molar-refractivity contribution in [2.24, 2.45) is 4.99 Å². The van der Waals surface area contributed by atoms with Crippen LogP contribution in [0, 0.1) is 0 Å². The molecule has 1 aliphatic heterocycles. The third-order valence-electron chi connectivity index (χ3n) is 3.95. The Morgan fingerprint density at radius 3 is 2.52 bits per heavy atom. The summed E-state index contributed by atoms with van der Waals surface area (Å²) in [5.74, 6) is 0.729. The lowest BCUT2D eigenvalue weighted by Crippen LogP contribution is -2.32. The van der Waals surface area contributed by atoms with Crippen LogP contribution in [0.15, 0.2) is 47.5 Å². The Hall–Kier alpha value is -2.33. The minimum absolute atomic E-state index is 0.0444. The number of benzodiazepines with no additional fused rings is 1. The minimum atomic E-state index is -0.455. The van der Waals surface area contributed by atoms with Crippen molar-refractivity contribution in [1.29, 1.82) is 0 Å². The summed E-state index contributed by atoms with van der Waals surface area (Å²) in [4.78, 5) is 18.7. The summed E-state index contributed by atoms with van der Waals surface area (Å²) >= 11 is 6.17. The van der Waals surface area contributed by atoms with Crippen LogP contribution in [0.1, 0.15) is 18.1 Å². The van der Waals surface area contributed by atoms with Crippen molar-refractivity contribution in [2.75, 3.05) is 19.1 Å². The Balaban J connectivity index is 2.20. The normalized spacial score (nSPS) is 17.4. The molecule has 5 heteroatoms. The number of carbonyl (C=O) groups excluding carboxylic acids is 1. The molecule has 23 heavy (non-hydrogen) atoms. The first-order valence-electron chi connectivity index (χ1n) is 7.31. The van der Waals surface area contributed by atoms with Crippen molar-refractivity contribution in [1.82, 2.24) is 0 Å². The molecule has 0 radical (unpaired) electrons. The van der Waals surface area contributed by atoms with E-state index in [-0.39, 0.29) is 5.91 Å². The summed E-state index contributed by atoms with van der Waals surface area (Å²) in [7, 11) is 3.39. The Morgan fingerprint density at radius 1 is 1.17 bits per heavy atom. The van der Waals surface area contributed by atoms with E-state index in [9.17, 15) is 4.79 Å². The van der Waals surface area contributed by atoms with E-state index in [1.54, 1.807) is 32.0 Å². The molecule has 1 unspecified atom stereocenters. The maximum atomic E-state index is 12.4. The number of halogens is 1. The number of amides is 1. The number of aliphatic imine (C=N–C) groups is 1. The smallest absolute Gasteiger partial charge is 0.251 e. The van der Waals surface area contributed by atoms with E-state index in [0.717, 1.165) is 28.3 Å². The lowest BCUT2D eigenvalue weighted by Gasteiger charge is -2.19. The van der Waals surface area contributed by atoms with Gasteiger partial charge in [0.1, 0.15) is 11.8 Å². The first-order valence-corrected chi connectivity index (χ1v) is 7.69. The second-order valence-corrected chi connectivity index (χ2v) is 5.88. The first kappa shape index (κ1) is 15.6. The van der Waals surface area contributed by atoms with Crippen LogP contribution in [-0.2, 0) is 4.79 Å². The van der Waals surface area contributed by atoms with Gasteiger partial charge < -0.3 is 9.64 Å². The zero-order valence-corrected chi connectivity index (χ0v) is 14.0. The molecular weight excluding hydrogens is 312 g/mol. The van der Waals surface area contributed by atoms with Crippen LogP contribution in [0.2, 0.25) is 5.02 Å². The summed E-state index contributed by atoms with van der Waals surface area (Å²) in [6.07, 6.45) is 0. The third kappa shape index (κ3) is 2.82. The van der Waals surface area contributed by atoms with Gasteiger partial charge in [0.15, 0.2) is 0 Å². The van der Waals surface area contributed by atoms with Crippen LogP contribution in [0.25, 0.3) is 0 Å². The van der Waals surface area contributed by atoms with E-state index in [2.05, 4.69) is 4.99 Å². The number of likely N-dealkylation sites (N-methyl/N-ethyl adjacent to an activating group) is 1. The number of hydrogen-bond donors (Lipinski definition) is 0. The number of nitrogens with zero attached hydrogens (tertiary/aromatic N) is 2. The fourth-order valence-corrected chi connectivity index (χ4v) is 2.86. The zero-order chi connectivity index (χ0) is 16.6. The maximum Gasteiger partial charge on any atom is 0.251 e. The highest BCUT2D eigenvalue weighted by atomic mass is 35.5. The third-order valence-corrected chi connectivity index (χ3v) is 4.18. The van der Waals surface area contributed by atoms with Gasteiger partial charge in [0.25, 0.3) is 5.91 Å². The second-order valence-electron chi connectivity index (χ2n) is 5.44. The zero-order valence-electron chi connectivity index (χ0n) is 13.2. The van der Waals surface area contributed by atoms with Gasteiger partial charge in [0, 0.05) is 23.2 Å². The predicted molar refractivity (Wildman–Crippen MR) is 93.0 cm³/mol. The number of ether oxygens (including phenoxy) is 1. The van der Waals surface area contributed by atoms with Crippen LogP contribution in [0.4, 0.5) is 5.69 Å². The molecule has 0 fully saturated rings. The molecule has 118 valence electrons. The molecule has 0 aliphatic carbocycles. The summed E-state index contributed by atoms with van der Waals surface area (Å²) in [6, 6.07) is 12.7. The van der Waals surface area contributed by atoms with E-state index in [4.69, 9.17) is 16.3 Å². The van der Waals surface area contributed by atoms with Gasteiger partial charge in [-0.2, -0.15) is 0 Å². The number of anilines is 1. The van der Waals surface area contributed by atoms with Gasteiger partial charge in [-0.1, -0.05) is 11.6 Å². The standard InChI is InChI=1S/C18H17ClN2O2/c1-11-18(22)21(2)16-9-6-13(19)10-15(16)17(20-11)12-4-7-14(23-3)8-5-12/h4-11H,1-3H3. The molecule has 3 rings (SSSR count). The fourth-order valence-electron chi connectivity index (χ4n) is 2.69. The molecule has 4 nitrogen and oxygen atoms in total. The van der Waals surface area contributed by atoms with Crippen LogP contribution in [0.5, 0.6) is 5.75 Å². The van der Waals surface area contributed by atoms with E-state index in [1.807, 2.05) is 36.4 Å². The highest BCUT2D eigenvalue weighted by molar-refractivity contribution is 6.32. The van der Waals surface area contributed by atoms with Crippen molar-refractivity contribution >= 4 is 28.9 Å². The van der Waals surface area contributed by atoms with Crippen molar-refractivity contribution in [3.05, 3.63) is 58.6 Å². The molecule has 1 aliphatic rings. The maximum absolute atomic E-state index is 12.4. The lowest BCUT2D eigenvalue weighted by atomic mass is 10.00. The average molecular weight is 329 g/mol. The largest absolute Gasteiger partial charge is 0.497 e. The number of methoxy groups -OCH3 is 1. The SMILES string of the molecule is COc1ccc(C2=NC(C)C(=O)N(C)c3ccc(Cl)cc32)cc1. The van der Waals surface area contributed by atoms with Crippen molar-refractivity contribution in [3.63, 3.8) is 0 Å². The predicted octanol–water partition coefficient (Wildman–Crippen LogP) is 3.55. The summed E-state index contributed by atoms with van der Waals surface area (Å²) in [5.41, 5.74) is 3.33. The van der Waals surface area contributed by atoms with Gasteiger partial charge in [-0.25, -0.2) is 0 Å². The van der Waals surface area contributed by atoms with E-state index < -0.39 is 6.04 Å². The minimum Gasteiger partial charge on any atom is -0.497 e. The fraction of sp³-hybridized carbons (Fsp3) is 0.222. The topological polar surface area (TPSA) is 41.9 Å². The van der Waals surface area contributed by atoms with E-state index >= 15 is 0 Å². The van der Waals surface area contributed by atoms with Gasteiger partial charge in [-0.15, -0.1) is 0 Å². The van der Waals surface area contributed by atoms with Crippen molar-refractivity contribution < 1.29 is 9.53 Å². The van der Waals surface area contributed by atoms with E-state index in [1.165, 1.54) is 0 Å². The summed E-state index contributed by atoms with van der Waals surface area (Å²) in [6.45, 7) is 1.80.